The lowest BCUT2D eigenvalue weighted by atomic mass is 10.2. The van der Waals surface area contributed by atoms with Crippen LogP contribution < -0.4 is 14.9 Å². The average Bonchev–Trinajstić information content (AvgIpc) is 2.70. The van der Waals surface area contributed by atoms with E-state index in [0.717, 1.165) is 13.0 Å². The Morgan fingerprint density at radius 3 is 2.19 bits per heavy atom. The number of nitrogens with zero attached hydrogens (tertiary/aromatic N) is 2. The molecule has 2 heterocycles. The van der Waals surface area contributed by atoms with Gasteiger partial charge in [-0.25, -0.2) is 0 Å². The van der Waals surface area contributed by atoms with Gasteiger partial charge in [0.2, 0.25) is 0 Å². The van der Waals surface area contributed by atoms with Gasteiger partial charge in [-0.3, -0.25) is 4.79 Å². The highest BCUT2D eigenvalue weighted by Crippen LogP contribution is 2.47. The zero-order valence-electron chi connectivity index (χ0n) is 14.7. The number of hydrogen-bond donors (Lipinski definition) is 1. The number of para-hydroxylation sites is 2. The van der Waals surface area contributed by atoms with E-state index in [1.807, 2.05) is 0 Å². The van der Waals surface area contributed by atoms with Crippen LogP contribution in [0, 0.1) is 5.21 Å². The van der Waals surface area contributed by atoms with Crippen molar-refractivity contribution in [2.45, 2.75) is 16.2 Å². The molecular weight excluding hydrogens is 358 g/mol. The molecule has 0 unspecified atom stereocenters. The van der Waals surface area contributed by atoms with Gasteiger partial charge in [-0.2, -0.15) is 4.73 Å². The van der Waals surface area contributed by atoms with E-state index in [-0.39, 0.29) is 5.91 Å². The van der Waals surface area contributed by atoms with Crippen LogP contribution in [0.2, 0.25) is 0 Å². The summed E-state index contributed by atoms with van der Waals surface area (Å²) in [5.74, 6) is -0.161. The maximum Gasteiger partial charge on any atom is 0.251 e. The predicted octanol–water partition coefficient (Wildman–Crippen LogP) is 3.74. The topological polar surface area (TPSA) is 59.3 Å². The number of carbonyl (C=O) groups excluding carboxylic acids is 1. The van der Waals surface area contributed by atoms with Gasteiger partial charge in [-0.1, -0.05) is 36.0 Å². The Hall–Kier alpha value is -2.99. The molecule has 6 heteroatoms. The molecule has 0 saturated heterocycles. The van der Waals surface area contributed by atoms with Crippen LogP contribution in [0.15, 0.2) is 82.8 Å². The Morgan fingerprint density at radius 1 is 0.963 bits per heavy atom. The minimum Gasteiger partial charge on any atom is -0.619 e. The number of amides is 1. The van der Waals surface area contributed by atoms with Crippen LogP contribution >= 0.6 is 11.8 Å². The highest BCUT2D eigenvalue weighted by Gasteiger charge is 2.22. The van der Waals surface area contributed by atoms with Crippen molar-refractivity contribution >= 4 is 29.0 Å². The molecule has 1 amide bonds. The van der Waals surface area contributed by atoms with E-state index in [2.05, 4.69) is 58.7 Å². The first kappa shape index (κ1) is 17.4. The van der Waals surface area contributed by atoms with Crippen molar-refractivity contribution in [3.63, 3.8) is 0 Å². The molecule has 0 atom stereocenters. The molecule has 0 bridgehead atoms. The summed E-state index contributed by atoms with van der Waals surface area (Å²) in [4.78, 5) is 17.0. The minimum absolute atomic E-state index is 0.161. The van der Waals surface area contributed by atoms with Gasteiger partial charge in [-0.05, 0) is 30.7 Å². The van der Waals surface area contributed by atoms with Gasteiger partial charge >= 0.3 is 0 Å². The van der Waals surface area contributed by atoms with Crippen molar-refractivity contribution < 1.29 is 9.52 Å². The lowest BCUT2D eigenvalue weighted by Crippen LogP contribution is -2.30. The van der Waals surface area contributed by atoms with Gasteiger partial charge in [0.05, 0.1) is 16.9 Å². The molecule has 1 N–H and O–H groups in total. The molecule has 3 aromatic rings. The maximum atomic E-state index is 12.2. The molecule has 136 valence electrons. The molecule has 4 rings (SSSR count). The molecule has 0 radical (unpaired) electrons. The number of anilines is 2. The molecule has 1 aliphatic heterocycles. The van der Waals surface area contributed by atoms with E-state index in [1.54, 1.807) is 11.8 Å². The Labute approximate surface area is 162 Å². The van der Waals surface area contributed by atoms with Crippen LogP contribution in [-0.2, 0) is 0 Å². The molecule has 5 nitrogen and oxygen atoms in total. The van der Waals surface area contributed by atoms with E-state index in [1.165, 1.54) is 45.7 Å². The van der Waals surface area contributed by atoms with Crippen molar-refractivity contribution in [1.82, 2.24) is 5.32 Å². The summed E-state index contributed by atoms with van der Waals surface area (Å²) in [5.41, 5.74) is 2.90. The van der Waals surface area contributed by atoms with Gasteiger partial charge < -0.3 is 15.4 Å². The predicted molar refractivity (Wildman–Crippen MR) is 106 cm³/mol. The van der Waals surface area contributed by atoms with Crippen LogP contribution in [0.4, 0.5) is 11.4 Å². The summed E-state index contributed by atoms with van der Waals surface area (Å²) in [5, 5.41) is 14.0. The van der Waals surface area contributed by atoms with Crippen molar-refractivity contribution in [2.75, 3.05) is 18.0 Å². The Bertz CT molecular complexity index is 914. The normalized spacial score (nSPS) is 12.2. The Balaban J connectivity index is 1.41. The van der Waals surface area contributed by atoms with Crippen LogP contribution in [0.1, 0.15) is 16.8 Å². The van der Waals surface area contributed by atoms with Crippen LogP contribution in [0.25, 0.3) is 0 Å². The summed E-state index contributed by atoms with van der Waals surface area (Å²) in [6, 6.07) is 19.8. The minimum atomic E-state index is -0.161. The van der Waals surface area contributed by atoms with E-state index >= 15 is 0 Å². The zero-order valence-corrected chi connectivity index (χ0v) is 15.5. The van der Waals surface area contributed by atoms with Crippen molar-refractivity contribution in [1.29, 1.82) is 0 Å². The quantitative estimate of drug-likeness (QED) is 0.418. The Kier molecular flexibility index (Phi) is 4.98. The molecular formula is C21H19N3O2S. The van der Waals surface area contributed by atoms with Crippen molar-refractivity contribution in [3.8, 4) is 0 Å². The number of fused-ring (bicyclic) bond motifs is 2. The third kappa shape index (κ3) is 3.75. The highest BCUT2D eigenvalue weighted by atomic mass is 32.2. The van der Waals surface area contributed by atoms with Gasteiger partial charge in [0, 0.05) is 35.0 Å². The first-order valence-electron chi connectivity index (χ1n) is 8.83. The largest absolute Gasteiger partial charge is 0.619 e. The first-order chi connectivity index (χ1) is 13.2. The van der Waals surface area contributed by atoms with Crippen LogP contribution in [0.3, 0.4) is 0 Å². The van der Waals surface area contributed by atoms with E-state index in [4.69, 9.17) is 0 Å². The van der Waals surface area contributed by atoms with Crippen LogP contribution in [-0.4, -0.2) is 19.0 Å². The SMILES string of the molecule is O=C(NCCCN1c2ccccc2Sc2ccccc21)c1cc[n+]([O-])cc1. The van der Waals surface area contributed by atoms with Gasteiger partial charge in [-0.15, -0.1) is 0 Å². The van der Waals surface area contributed by atoms with Crippen LogP contribution in [0.5, 0.6) is 0 Å². The fourth-order valence-corrected chi connectivity index (χ4v) is 4.22. The van der Waals surface area contributed by atoms with Gasteiger partial charge in [0.25, 0.3) is 5.91 Å². The summed E-state index contributed by atoms with van der Waals surface area (Å²) >= 11 is 1.79. The molecule has 0 saturated carbocycles. The molecule has 27 heavy (non-hydrogen) atoms. The molecule has 0 fully saturated rings. The third-order valence-corrected chi connectivity index (χ3v) is 5.57. The highest BCUT2D eigenvalue weighted by molar-refractivity contribution is 7.99. The van der Waals surface area contributed by atoms with E-state index in [0.29, 0.717) is 16.8 Å². The summed E-state index contributed by atoms with van der Waals surface area (Å²) in [6.45, 7) is 1.38. The van der Waals surface area contributed by atoms with Gasteiger partial charge in [0.15, 0.2) is 12.4 Å². The second kappa shape index (κ2) is 7.72. The fraction of sp³-hybridized carbons (Fsp3) is 0.143. The lowest BCUT2D eigenvalue weighted by Gasteiger charge is -2.32. The monoisotopic (exact) mass is 377 g/mol. The fourth-order valence-electron chi connectivity index (χ4n) is 3.13. The zero-order chi connectivity index (χ0) is 18.6. The number of rotatable bonds is 5. The second-order valence-corrected chi connectivity index (χ2v) is 7.33. The molecule has 0 aliphatic carbocycles. The summed E-state index contributed by atoms with van der Waals surface area (Å²) < 4.78 is 0.667. The number of carbonyl (C=O) groups is 1. The number of pyridine rings is 1. The smallest absolute Gasteiger partial charge is 0.251 e. The average molecular weight is 377 g/mol. The number of aromatic nitrogens is 1. The first-order valence-corrected chi connectivity index (χ1v) is 9.64. The van der Waals surface area contributed by atoms with Crippen molar-refractivity contribution in [3.05, 3.63) is 83.8 Å². The lowest BCUT2D eigenvalue weighted by molar-refractivity contribution is -0.605. The van der Waals surface area contributed by atoms with E-state index < -0.39 is 0 Å². The van der Waals surface area contributed by atoms with Gasteiger partial charge in [0.1, 0.15) is 0 Å². The maximum absolute atomic E-state index is 12.2. The van der Waals surface area contributed by atoms with E-state index in [9.17, 15) is 10.0 Å². The second-order valence-electron chi connectivity index (χ2n) is 6.25. The number of benzene rings is 2. The molecule has 1 aromatic heterocycles. The third-order valence-electron chi connectivity index (χ3n) is 4.44. The molecule has 2 aromatic carbocycles. The summed E-state index contributed by atoms with van der Waals surface area (Å²) in [6.07, 6.45) is 3.47. The van der Waals surface area contributed by atoms with Crippen molar-refractivity contribution in [2.24, 2.45) is 0 Å². The molecule has 0 spiro atoms. The number of hydrogen-bond acceptors (Lipinski definition) is 4. The number of nitrogens with one attached hydrogen (secondary N) is 1. The standard InChI is InChI=1S/C21H19N3O2S/c25-21(16-10-14-23(26)15-11-16)22-12-5-13-24-17-6-1-3-8-19(17)27-20-9-4-2-7-18(20)24/h1-4,6-11,14-15H,5,12-13H2,(H,22,25). The molecule has 1 aliphatic rings. The Morgan fingerprint density at radius 2 is 1.56 bits per heavy atom. The summed E-state index contributed by atoms with van der Waals surface area (Å²) in [7, 11) is 0.